The van der Waals surface area contributed by atoms with Crippen LogP contribution in [0.4, 0.5) is 4.39 Å². The van der Waals surface area contributed by atoms with Gasteiger partial charge in [-0.3, -0.25) is 0 Å². The van der Waals surface area contributed by atoms with Crippen molar-refractivity contribution >= 4 is 0 Å². The molecule has 0 spiro atoms. The van der Waals surface area contributed by atoms with E-state index in [9.17, 15) is 4.39 Å². The minimum atomic E-state index is -0.266. The summed E-state index contributed by atoms with van der Waals surface area (Å²) in [6, 6.07) is 14.2. The van der Waals surface area contributed by atoms with Crippen LogP contribution in [0.15, 0.2) is 48.5 Å². The van der Waals surface area contributed by atoms with Crippen LogP contribution in [-0.4, -0.2) is 0 Å². The van der Waals surface area contributed by atoms with Crippen molar-refractivity contribution in [2.24, 2.45) is 5.73 Å². The van der Waals surface area contributed by atoms with Gasteiger partial charge < -0.3 is 10.5 Å². The van der Waals surface area contributed by atoms with Gasteiger partial charge in [-0.1, -0.05) is 24.3 Å². The standard InChI is InChI=1S/C14H14FNO/c15-14-7-6-11(9-16)8-12(14)10-17-13-4-2-1-3-5-13/h1-8H,9-10,16H2. The first kappa shape index (κ1) is 11.6. The van der Waals surface area contributed by atoms with Crippen molar-refractivity contribution in [2.75, 3.05) is 0 Å². The molecular weight excluding hydrogens is 217 g/mol. The summed E-state index contributed by atoms with van der Waals surface area (Å²) in [4.78, 5) is 0. The average Bonchev–Trinajstić information content (AvgIpc) is 2.39. The molecule has 0 amide bonds. The lowest BCUT2D eigenvalue weighted by Crippen LogP contribution is -2.02. The number of rotatable bonds is 4. The van der Waals surface area contributed by atoms with E-state index < -0.39 is 0 Å². The molecule has 0 unspecified atom stereocenters. The summed E-state index contributed by atoms with van der Waals surface area (Å²) in [7, 11) is 0. The Balaban J connectivity index is 2.08. The Kier molecular flexibility index (Phi) is 3.73. The van der Waals surface area contributed by atoms with Gasteiger partial charge in [0.15, 0.2) is 0 Å². The Morgan fingerprint density at radius 2 is 1.82 bits per heavy atom. The van der Waals surface area contributed by atoms with E-state index in [1.165, 1.54) is 6.07 Å². The SMILES string of the molecule is NCc1ccc(F)c(COc2ccccc2)c1. The third-order valence-corrected chi connectivity index (χ3v) is 2.48. The third kappa shape index (κ3) is 3.04. The molecule has 0 bridgehead atoms. The zero-order valence-corrected chi connectivity index (χ0v) is 9.40. The highest BCUT2D eigenvalue weighted by Crippen LogP contribution is 2.15. The molecule has 0 fully saturated rings. The number of ether oxygens (including phenoxy) is 1. The van der Waals surface area contributed by atoms with E-state index >= 15 is 0 Å². The van der Waals surface area contributed by atoms with Crippen molar-refractivity contribution in [3.8, 4) is 5.75 Å². The molecule has 0 atom stereocenters. The molecule has 3 heteroatoms. The predicted molar refractivity (Wildman–Crippen MR) is 65.1 cm³/mol. The van der Waals surface area contributed by atoms with Gasteiger partial charge in [0.05, 0.1) is 0 Å². The molecule has 0 radical (unpaired) electrons. The first-order valence-electron chi connectivity index (χ1n) is 5.45. The molecule has 0 heterocycles. The number of hydrogen-bond acceptors (Lipinski definition) is 2. The van der Waals surface area contributed by atoms with E-state index in [2.05, 4.69) is 0 Å². The van der Waals surface area contributed by atoms with Crippen molar-refractivity contribution in [2.45, 2.75) is 13.2 Å². The van der Waals surface area contributed by atoms with Crippen molar-refractivity contribution in [1.29, 1.82) is 0 Å². The molecule has 88 valence electrons. The fourth-order valence-corrected chi connectivity index (χ4v) is 1.54. The Bertz CT molecular complexity index is 485. The van der Waals surface area contributed by atoms with Crippen LogP contribution in [0.2, 0.25) is 0 Å². The lowest BCUT2D eigenvalue weighted by molar-refractivity contribution is 0.299. The van der Waals surface area contributed by atoms with Crippen LogP contribution in [0, 0.1) is 5.82 Å². The molecule has 0 saturated carbocycles. The van der Waals surface area contributed by atoms with E-state index in [0.717, 1.165) is 11.3 Å². The van der Waals surface area contributed by atoms with Crippen molar-refractivity contribution in [3.63, 3.8) is 0 Å². The Labute approximate surface area is 99.8 Å². The van der Waals surface area contributed by atoms with Crippen LogP contribution in [-0.2, 0) is 13.2 Å². The van der Waals surface area contributed by atoms with E-state index in [4.69, 9.17) is 10.5 Å². The van der Waals surface area contributed by atoms with Gasteiger partial charge in [-0.15, -0.1) is 0 Å². The monoisotopic (exact) mass is 231 g/mol. The van der Waals surface area contributed by atoms with Crippen LogP contribution in [0.1, 0.15) is 11.1 Å². The summed E-state index contributed by atoms with van der Waals surface area (Å²) in [6.07, 6.45) is 0. The highest BCUT2D eigenvalue weighted by molar-refractivity contribution is 5.26. The van der Waals surface area contributed by atoms with Gasteiger partial charge in [-0.05, 0) is 29.8 Å². The van der Waals surface area contributed by atoms with E-state index in [1.807, 2.05) is 30.3 Å². The maximum atomic E-state index is 13.5. The van der Waals surface area contributed by atoms with Crippen molar-refractivity contribution < 1.29 is 9.13 Å². The minimum Gasteiger partial charge on any atom is -0.489 e. The molecule has 17 heavy (non-hydrogen) atoms. The lowest BCUT2D eigenvalue weighted by Gasteiger charge is -2.08. The third-order valence-electron chi connectivity index (χ3n) is 2.48. The molecule has 2 nitrogen and oxygen atoms in total. The minimum absolute atomic E-state index is 0.212. The van der Waals surface area contributed by atoms with Crippen LogP contribution < -0.4 is 10.5 Å². The smallest absolute Gasteiger partial charge is 0.129 e. The second-order valence-corrected chi connectivity index (χ2v) is 3.73. The molecule has 2 aromatic rings. The van der Waals surface area contributed by atoms with Crippen LogP contribution in [0.5, 0.6) is 5.75 Å². The van der Waals surface area contributed by atoms with Gasteiger partial charge in [0.1, 0.15) is 18.2 Å². The van der Waals surface area contributed by atoms with Gasteiger partial charge in [0.2, 0.25) is 0 Å². The second kappa shape index (κ2) is 5.46. The summed E-state index contributed by atoms with van der Waals surface area (Å²) in [5, 5.41) is 0. The number of nitrogens with two attached hydrogens (primary N) is 1. The molecule has 0 aliphatic rings. The first-order valence-corrected chi connectivity index (χ1v) is 5.45. The zero-order chi connectivity index (χ0) is 12.1. The van der Waals surface area contributed by atoms with E-state index in [-0.39, 0.29) is 12.4 Å². The van der Waals surface area contributed by atoms with Gasteiger partial charge in [0, 0.05) is 12.1 Å². The number of hydrogen-bond donors (Lipinski definition) is 1. The largest absolute Gasteiger partial charge is 0.489 e. The zero-order valence-electron chi connectivity index (χ0n) is 9.40. The summed E-state index contributed by atoms with van der Waals surface area (Å²) in [5.41, 5.74) is 6.94. The molecule has 2 rings (SSSR count). The lowest BCUT2D eigenvalue weighted by atomic mass is 10.1. The predicted octanol–water partition coefficient (Wildman–Crippen LogP) is 2.86. The molecule has 0 aromatic heterocycles. The molecular formula is C14H14FNO. The Morgan fingerprint density at radius 3 is 2.53 bits per heavy atom. The highest BCUT2D eigenvalue weighted by Gasteiger charge is 2.04. The van der Waals surface area contributed by atoms with Crippen LogP contribution >= 0.6 is 0 Å². The molecule has 2 N–H and O–H groups in total. The van der Waals surface area contributed by atoms with E-state index in [0.29, 0.717) is 12.1 Å². The molecule has 0 saturated heterocycles. The molecule has 2 aromatic carbocycles. The fourth-order valence-electron chi connectivity index (χ4n) is 1.54. The number of benzene rings is 2. The summed E-state index contributed by atoms with van der Waals surface area (Å²) >= 11 is 0. The van der Waals surface area contributed by atoms with Gasteiger partial charge in [-0.25, -0.2) is 4.39 Å². The van der Waals surface area contributed by atoms with Crippen LogP contribution in [0.25, 0.3) is 0 Å². The quantitative estimate of drug-likeness (QED) is 0.878. The number of halogens is 1. The average molecular weight is 231 g/mol. The first-order chi connectivity index (χ1) is 8.29. The van der Waals surface area contributed by atoms with Gasteiger partial charge in [-0.2, -0.15) is 0 Å². The van der Waals surface area contributed by atoms with E-state index in [1.54, 1.807) is 12.1 Å². The highest BCUT2D eigenvalue weighted by atomic mass is 19.1. The van der Waals surface area contributed by atoms with Gasteiger partial charge in [0.25, 0.3) is 0 Å². The Morgan fingerprint density at radius 1 is 1.06 bits per heavy atom. The van der Waals surface area contributed by atoms with Crippen LogP contribution in [0.3, 0.4) is 0 Å². The maximum absolute atomic E-state index is 13.5. The topological polar surface area (TPSA) is 35.2 Å². The Hall–Kier alpha value is -1.87. The summed E-state index contributed by atoms with van der Waals surface area (Å²) in [6.45, 7) is 0.613. The van der Waals surface area contributed by atoms with Gasteiger partial charge >= 0.3 is 0 Å². The fraction of sp³-hybridized carbons (Fsp3) is 0.143. The number of para-hydroxylation sites is 1. The van der Waals surface area contributed by atoms with Crippen molar-refractivity contribution in [3.05, 3.63) is 65.5 Å². The second-order valence-electron chi connectivity index (χ2n) is 3.73. The van der Waals surface area contributed by atoms with Crippen molar-refractivity contribution in [1.82, 2.24) is 0 Å². The molecule has 0 aliphatic heterocycles. The molecule has 0 aliphatic carbocycles. The summed E-state index contributed by atoms with van der Waals surface area (Å²) < 4.78 is 19.0. The maximum Gasteiger partial charge on any atom is 0.129 e. The normalized spacial score (nSPS) is 10.2. The summed E-state index contributed by atoms with van der Waals surface area (Å²) in [5.74, 6) is 0.461.